The van der Waals surface area contributed by atoms with Crippen molar-refractivity contribution in [3.05, 3.63) is 59.7 Å². The van der Waals surface area contributed by atoms with Crippen LogP contribution in [0.15, 0.2) is 42.5 Å². The van der Waals surface area contributed by atoms with Gasteiger partial charge >= 0.3 is 0 Å². The number of halogens is 2. The van der Waals surface area contributed by atoms with Gasteiger partial charge in [-0.15, -0.1) is 0 Å². The van der Waals surface area contributed by atoms with Gasteiger partial charge < -0.3 is 15.8 Å². The molecule has 0 heterocycles. The van der Waals surface area contributed by atoms with E-state index in [2.05, 4.69) is 5.32 Å². The lowest BCUT2D eigenvalue weighted by atomic mass is 10.1. The second-order valence-corrected chi connectivity index (χ2v) is 4.33. The number of hydrogen-bond donors (Lipinski definition) is 2. The lowest BCUT2D eigenvalue weighted by Crippen LogP contribution is -2.20. The van der Waals surface area contributed by atoms with Gasteiger partial charge in [0, 0.05) is 18.3 Å². The molecule has 0 aliphatic rings. The minimum absolute atomic E-state index is 0.157. The van der Waals surface area contributed by atoms with Crippen LogP contribution in [0.25, 0.3) is 0 Å². The summed E-state index contributed by atoms with van der Waals surface area (Å²) in [6, 6.07) is 10.4. The van der Waals surface area contributed by atoms with E-state index in [-0.39, 0.29) is 17.6 Å². The first-order valence-electron chi connectivity index (χ1n) is 6.19. The first-order valence-corrected chi connectivity index (χ1v) is 6.19. The fourth-order valence-electron chi connectivity index (χ4n) is 1.92. The van der Waals surface area contributed by atoms with Crippen molar-refractivity contribution >= 4 is 5.69 Å². The van der Waals surface area contributed by atoms with E-state index in [1.54, 1.807) is 24.3 Å². The first-order chi connectivity index (χ1) is 9.63. The Kier molecular flexibility index (Phi) is 4.53. The van der Waals surface area contributed by atoms with Crippen molar-refractivity contribution < 1.29 is 13.5 Å². The lowest BCUT2D eigenvalue weighted by Gasteiger charge is -2.19. The van der Waals surface area contributed by atoms with Crippen molar-refractivity contribution in [2.24, 2.45) is 5.73 Å². The highest BCUT2D eigenvalue weighted by molar-refractivity contribution is 5.50. The SMILES string of the molecule is COc1cc(NC(CN)c2ccc(F)cc2)ccc1F. The van der Waals surface area contributed by atoms with Crippen LogP contribution in [0.5, 0.6) is 5.75 Å². The van der Waals surface area contributed by atoms with Gasteiger partial charge in [-0.3, -0.25) is 0 Å². The maximum atomic E-state index is 13.3. The third kappa shape index (κ3) is 3.24. The normalized spacial score (nSPS) is 12.0. The molecule has 3 nitrogen and oxygen atoms in total. The molecular formula is C15H16F2N2O. The van der Waals surface area contributed by atoms with Gasteiger partial charge in [0.15, 0.2) is 11.6 Å². The summed E-state index contributed by atoms with van der Waals surface area (Å²) in [6.07, 6.45) is 0. The summed E-state index contributed by atoms with van der Waals surface area (Å²) < 4.78 is 31.2. The molecule has 0 bridgehead atoms. The number of nitrogens with two attached hydrogens (primary N) is 1. The number of ether oxygens (including phenoxy) is 1. The topological polar surface area (TPSA) is 47.3 Å². The van der Waals surface area contributed by atoms with E-state index in [1.165, 1.54) is 25.3 Å². The van der Waals surface area contributed by atoms with Crippen molar-refractivity contribution in [2.45, 2.75) is 6.04 Å². The molecule has 0 saturated heterocycles. The van der Waals surface area contributed by atoms with Crippen LogP contribution in [0.2, 0.25) is 0 Å². The van der Waals surface area contributed by atoms with Crippen molar-refractivity contribution in [3.8, 4) is 5.75 Å². The molecule has 106 valence electrons. The number of methoxy groups -OCH3 is 1. The van der Waals surface area contributed by atoms with Gasteiger partial charge in [-0.25, -0.2) is 8.78 Å². The maximum absolute atomic E-state index is 13.3. The van der Waals surface area contributed by atoms with Crippen molar-refractivity contribution in [2.75, 3.05) is 19.0 Å². The molecule has 0 fully saturated rings. The summed E-state index contributed by atoms with van der Waals surface area (Å²) in [6.45, 7) is 0.325. The largest absolute Gasteiger partial charge is 0.494 e. The average molecular weight is 278 g/mol. The molecule has 0 saturated carbocycles. The zero-order valence-electron chi connectivity index (χ0n) is 11.1. The third-order valence-corrected chi connectivity index (χ3v) is 3.00. The fraction of sp³-hybridized carbons (Fsp3) is 0.200. The summed E-state index contributed by atoms with van der Waals surface area (Å²) in [4.78, 5) is 0. The van der Waals surface area contributed by atoms with Gasteiger partial charge in [0.25, 0.3) is 0 Å². The van der Waals surface area contributed by atoms with E-state index < -0.39 is 5.82 Å². The van der Waals surface area contributed by atoms with Crippen LogP contribution in [0.1, 0.15) is 11.6 Å². The molecule has 1 unspecified atom stereocenters. The predicted molar refractivity (Wildman–Crippen MR) is 74.8 cm³/mol. The molecule has 0 radical (unpaired) electrons. The lowest BCUT2D eigenvalue weighted by molar-refractivity contribution is 0.386. The number of nitrogens with one attached hydrogen (secondary N) is 1. The Morgan fingerprint density at radius 2 is 1.85 bits per heavy atom. The molecule has 0 aliphatic carbocycles. The Bertz CT molecular complexity index is 573. The second-order valence-electron chi connectivity index (χ2n) is 4.33. The van der Waals surface area contributed by atoms with Crippen LogP contribution >= 0.6 is 0 Å². The van der Waals surface area contributed by atoms with E-state index in [0.29, 0.717) is 12.2 Å². The Hall–Kier alpha value is -2.14. The molecule has 1 atom stereocenters. The van der Waals surface area contributed by atoms with Crippen molar-refractivity contribution in [1.82, 2.24) is 0 Å². The monoisotopic (exact) mass is 278 g/mol. The molecule has 20 heavy (non-hydrogen) atoms. The summed E-state index contributed by atoms with van der Waals surface area (Å²) in [5, 5.41) is 3.17. The Balaban J connectivity index is 2.19. The number of anilines is 1. The van der Waals surface area contributed by atoms with E-state index >= 15 is 0 Å². The van der Waals surface area contributed by atoms with Gasteiger partial charge in [-0.1, -0.05) is 12.1 Å². The molecule has 2 aromatic rings. The molecule has 5 heteroatoms. The summed E-state index contributed by atoms with van der Waals surface area (Å²) in [5.41, 5.74) is 7.27. The van der Waals surface area contributed by atoms with E-state index in [4.69, 9.17) is 10.5 Å². The standard InChI is InChI=1S/C15H16F2N2O/c1-20-15-8-12(6-7-13(15)17)19-14(9-18)10-2-4-11(16)5-3-10/h2-8,14,19H,9,18H2,1H3. The molecule has 2 aromatic carbocycles. The van der Waals surface area contributed by atoms with Crippen LogP contribution < -0.4 is 15.8 Å². The zero-order valence-corrected chi connectivity index (χ0v) is 11.1. The number of rotatable bonds is 5. The quantitative estimate of drug-likeness (QED) is 0.883. The molecule has 0 aromatic heterocycles. The fourth-order valence-corrected chi connectivity index (χ4v) is 1.92. The first kappa shape index (κ1) is 14.3. The van der Waals surface area contributed by atoms with E-state index in [9.17, 15) is 8.78 Å². The Labute approximate surface area is 116 Å². The van der Waals surface area contributed by atoms with Crippen LogP contribution in [0, 0.1) is 11.6 Å². The smallest absolute Gasteiger partial charge is 0.165 e. The van der Waals surface area contributed by atoms with Crippen LogP contribution in [-0.2, 0) is 0 Å². The second kappa shape index (κ2) is 6.34. The molecule has 0 aliphatic heterocycles. The third-order valence-electron chi connectivity index (χ3n) is 3.00. The highest BCUT2D eigenvalue weighted by Gasteiger charge is 2.11. The minimum Gasteiger partial charge on any atom is -0.494 e. The van der Waals surface area contributed by atoms with Gasteiger partial charge in [-0.05, 0) is 29.8 Å². The van der Waals surface area contributed by atoms with E-state index in [0.717, 1.165) is 5.56 Å². The van der Waals surface area contributed by atoms with Crippen molar-refractivity contribution in [3.63, 3.8) is 0 Å². The zero-order chi connectivity index (χ0) is 14.5. The Morgan fingerprint density at radius 3 is 2.45 bits per heavy atom. The highest BCUT2D eigenvalue weighted by atomic mass is 19.1. The van der Waals surface area contributed by atoms with E-state index in [1.807, 2.05) is 0 Å². The summed E-state index contributed by atoms with van der Waals surface area (Å²) in [7, 11) is 1.41. The highest BCUT2D eigenvalue weighted by Crippen LogP contribution is 2.25. The predicted octanol–water partition coefficient (Wildman–Crippen LogP) is 3.09. The van der Waals surface area contributed by atoms with Crippen LogP contribution in [0.3, 0.4) is 0 Å². The van der Waals surface area contributed by atoms with Crippen LogP contribution in [0.4, 0.5) is 14.5 Å². The van der Waals surface area contributed by atoms with Gasteiger partial charge in [-0.2, -0.15) is 0 Å². The van der Waals surface area contributed by atoms with Gasteiger partial charge in [0.05, 0.1) is 13.2 Å². The minimum atomic E-state index is -0.427. The average Bonchev–Trinajstić information content (AvgIpc) is 2.47. The molecule has 3 N–H and O–H groups in total. The maximum Gasteiger partial charge on any atom is 0.165 e. The van der Waals surface area contributed by atoms with Gasteiger partial charge in [0.1, 0.15) is 5.82 Å². The number of benzene rings is 2. The number of hydrogen-bond acceptors (Lipinski definition) is 3. The van der Waals surface area contributed by atoms with Crippen LogP contribution in [-0.4, -0.2) is 13.7 Å². The molecule has 0 spiro atoms. The molecule has 2 rings (SSSR count). The van der Waals surface area contributed by atoms with Gasteiger partial charge in [0.2, 0.25) is 0 Å². The van der Waals surface area contributed by atoms with Crippen molar-refractivity contribution in [1.29, 1.82) is 0 Å². The molecule has 0 amide bonds. The Morgan fingerprint density at radius 1 is 1.15 bits per heavy atom. The summed E-state index contributed by atoms with van der Waals surface area (Å²) >= 11 is 0. The molecular weight excluding hydrogens is 262 g/mol. The summed E-state index contributed by atoms with van der Waals surface area (Å²) in [5.74, 6) is -0.568.